The Balaban J connectivity index is 2.18. The van der Waals surface area contributed by atoms with E-state index >= 15 is 0 Å². The first-order valence-corrected chi connectivity index (χ1v) is 7.39. The van der Waals surface area contributed by atoms with Crippen LogP contribution in [0.1, 0.15) is 38.8 Å². The quantitative estimate of drug-likeness (QED) is 0.756. The molecule has 0 saturated carbocycles. The molecule has 2 aromatic rings. The number of aryl methyl sites for hydroxylation is 2. The van der Waals surface area contributed by atoms with Crippen LogP contribution in [0, 0.1) is 18.3 Å². The Morgan fingerprint density at radius 1 is 1.23 bits per heavy atom. The second-order valence-corrected chi connectivity index (χ2v) is 6.91. The van der Waals surface area contributed by atoms with Gasteiger partial charge >= 0.3 is 7.12 Å². The van der Waals surface area contributed by atoms with Crippen LogP contribution in [-0.4, -0.2) is 28.1 Å². The van der Waals surface area contributed by atoms with Gasteiger partial charge in [0.1, 0.15) is 0 Å². The number of benzene rings is 1. The minimum absolute atomic E-state index is 0.428. The van der Waals surface area contributed by atoms with Crippen molar-refractivity contribution >= 4 is 23.5 Å². The van der Waals surface area contributed by atoms with Crippen molar-refractivity contribution in [3.63, 3.8) is 0 Å². The van der Waals surface area contributed by atoms with Crippen LogP contribution < -0.4 is 5.46 Å². The van der Waals surface area contributed by atoms with E-state index in [0.29, 0.717) is 5.56 Å². The number of hydrogen-bond acceptors (Lipinski definition) is 4. The van der Waals surface area contributed by atoms with Crippen molar-refractivity contribution in [2.24, 2.45) is 7.05 Å². The van der Waals surface area contributed by atoms with Crippen molar-refractivity contribution in [3.05, 3.63) is 23.4 Å². The van der Waals surface area contributed by atoms with Crippen molar-refractivity contribution in [2.45, 2.75) is 45.8 Å². The van der Waals surface area contributed by atoms with Gasteiger partial charge in [0.15, 0.2) is 0 Å². The topological polar surface area (TPSA) is 60.1 Å². The van der Waals surface area contributed by atoms with Crippen LogP contribution in [0.2, 0.25) is 0 Å². The highest BCUT2D eigenvalue weighted by Crippen LogP contribution is 2.37. The normalized spacial score (nSPS) is 19.6. The molecule has 22 heavy (non-hydrogen) atoms. The summed E-state index contributed by atoms with van der Waals surface area (Å²) in [5.41, 5.74) is 2.22. The molecule has 0 N–H and O–H groups in total. The Morgan fingerprint density at radius 2 is 1.82 bits per heavy atom. The Morgan fingerprint density at radius 3 is 2.36 bits per heavy atom. The van der Waals surface area contributed by atoms with Crippen LogP contribution in [-0.2, 0) is 16.4 Å². The van der Waals surface area contributed by atoms with E-state index in [2.05, 4.69) is 11.2 Å². The van der Waals surface area contributed by atoms with Gasteiger partial charge in [-0.05, 0) is 40.2 Å². The second-order valence-electron chi connectivity index (χ2n) is 6.91. The van der Waals surface area contributed by atoms with E-state index in [1.54, 1.807) is 4.68 Å². The molecule has 0 aliphatic carbocycles. The summed E-state index contributed by atoms with van der Waals surface area (Å²) in [5.74, 6) is 0. The van der Waals surface area contributed by atoms with E-state index in [9.17, 15) is 5.26 Å². The first-order chi connectivity index (χ1) is 10.2. The zero-order chi connectivity index (χ0) is 16.3. The first-order valence-electron chi connectivity index (χ1n) is 7.39. The molecule has 1 saturated heterocycles. The summed E-state index contributed by atoms with van der Waals surface area (Å²) in [7, 11) is 1.34. The largest absolute Gasteiger partial charge is 0.496 e. The lowest BCUT2D eigenvalue weighted by atomic mass is 9.74. The molecular formula is C16H20BN3O2. The maximum absolute atomic E-state index is 9.59. The summed E-state index contributed by atoms with van der Waals surface area (Å²) >= 11 is 0. The molecule has 0 bridgehead atoms. The van der Waals surface area contributed by atoms with Gasteiger partial charge in [-0.2, -0.15) is 10.4 Å². The Bertz CT molecular complexity index is 786. The standard InChI is InChI=1S/C16H20BN3O2/c1-10-12(8-18)13(7-11-9-20(6)19-14(10)11)17-21-15(2,3)16(4,5)22-17/h7,9H,1-6H3. The Labute approximate surface area is 131 Å². The number of nitrogens with zero attached hydrogens (tertiary/aromatic N) is 3. The van der Waals surface area contributed by atoms with E-state index in [1.807, 2.05) is 53.9 Å². The summed E-state index contributed by atoms with van der Waals surface area (Å²) in [6.07, 6.45) is 1.94. The third-order valence-corrected chi connectivity index (χ3v) is 4.81. The van der Waals surface area contributed by atoms with Gasteiger partial charge < -0.3 is 9.31 Å². The molecule has 5 nitrogen and oxygen atoms in total. The highest BCUT2D eigenvalue weighted by atomic mass is 16.7. The minimum Gasteiger partial charge on any atom is -0.399 e. The average molecular weight is 297 g/mol. The van der Waals surface area contributed by atoms with Crippen LogP contribution in [0.25, 0.3) is 10.9 Å². The van der Waals surface area contributed by atoms with E-state index in [1.165, 1.54) is 0 Å². The van der Waals surface area contributed by atoms with Gasteiger partial charge in [0.05, 0.1) is 28.4 Å². The minimum atomic E-state index is -0.539. The van der Waals surface area contributed by atoms with Gasteiger partial charge in [0.2, 0.25) is 0 Å². The van der Waals surface area contributed by atoms with Gasteiger partial charge in [-0.1, -0.05) is 6.07 Å². The van der Waals surface area contributed by atoms with Crippen LogP contribution >= 0.6 is 0 Å². The fourth-order valence-corrected chi connectivity index (χ4v) is 2.78. The van der Waals surface area contributed by atoms with Gasteiger partial charge in [-0.15, -0.1) is 0 Å². The van der Waals surface area contributed by atoms with Crippen molar-refractivity contribution in [3.8, 4) is 6.07 Å². The van der Waals surface area contributed by atoms with Crippen LogP contribution in [0.15, 0.2) is 12.3 Å². The average Bonchev–Trinajstić information content (AvgIpc) is 2.87. The van der Waals surface area contributed by atoms with Crippen molar-refractivity contribution in [1.29, 1.82) is 5.26 Å². The molecular weight excluding hydrogens is 277 g/mol. The van der Waals surface area contributed by atoms with Crippen molar-refractivity contribution < 1.29 is 9.31 Å². The van der Waals surface area contributed by atoms with E-state index in [0.717, 1.165) is 21.9 Å². The van der Waals surface area contributed by atoms with Gasteiger partial charge in [0.25, 0.3) is 0 Å². The summed E-state index contributed by atoms with van der Waals surface area (Å²) in [5, 5.41) is 15.0. The molecule has 1 aliphatic rings. The molecule has 6 heteroatoms. The number of fused-ring (bicyclic) bond motifs is 1. The Kier molecular flexibility index (Phi) is 3.14. The second kappa shape index (κ2) is 4.58. The zero-order valence-corrected chi connectivity index (χ0v) is 13.9. The SMILES string of the molecule is Cc1c(C#N)c(B2OC(C)(C)C(C)(C)O2)cc2cn(C)nc12. The van der Waals surface area contributed by atoms with Crippen molar-refractivity contribution in [1.82, 2.24) is 9.78 Å². The highest BCUT2D eigenvalue weighted by molar-refractivity contribution is 6.63. The third-order valence-electron chi connectivity index (χ3n) is 4.81. The molecule has 2 heterocycles. The molecule has 0 radical (unpaired) electrons. The van der Waals surface area contributed by atoms with E-state index in [-0.39, 0.29) is 0 Å². The lowest BCUT2D eigenvalue weighted by Gasteiger charge is -2.32. The maximum Gasteiger partial charge on any atom is 0.496 e. The van der Waals surface area contributed by atoms with Crippen LogP contribution in [0.4, 0.5) is 0 Å². The summed E-state index contributed by atoms with van der Waals surface area (Å²) in [6, 6.07) is 4.24. The number of hydrogen-bond donors (Lipinski definition) is 0. The lowest BCUT2D eigenvalue weighted by molar-refractivity contribution is 0.00578. The van der Waals surface area contributed by atoms with Gasteiger partial charge in [-0.3, -0.25) is 4.68 Å². The monoisotopic (exact) mass is 297 g/mol. The summed E-state index contributed by atoms with van der Waals surface area (Å²) in [4.78, 5) is 0. The Hall–Kier alpha value is -1.84. The molecule has 0 spiro atoms. The predicted octanol–water partition coefficient (Wildman–Crippen LogP) is 2.05. The molecule has 1 aliphatic heterocycles. The van der Waals surface area contributed by atoms with Crippen LogP contribution in [0.5, 0.6) is 0 Å². The smallest absolute Gasteiger partial charge is 0.399 e. The molecule has 0 amide bonds. The third kappa shape index (κ3) is 2.04. The maximum atomic E-state index is 9.59. The van der Waals surface area contributed by atoms with E-state index in [4.69, 9.17) is 9.31 Å². The lowest BCUT2D eigenvalue weighted by Crippen LogP contribution is -2.41. The van der Waals surface area contributed by atoms with Crippen molar-refractivity contribution in [2.75, 3.05) is 0 Å². The van der Waals surface area contributed by atoms with E-state index < -0.39 is 18.3 Å². The molecule has 1 fully saturated rings. The summed E-state index contributed by atoms with van der Waals surface area (Å²) < 4.78 is 14.0. The molecule has 1 aromatic heterocycles. The fourth-order valence-electron chi connectivity index (χ4n) is 2.78. The van der Waals surface area contributed by atoms with Gasteiger partial charge in [0, 0.05) is 24.1 Å². The van der Waals surface area contributed by atoms with Crippen LogP contribution in [0.3, 0.4) is 0 Å². The molecule has 114 valence electrons. The molecule has 0 atom stereocenters. The predicted molar refractivity (Wildman–Crippen MR) is 85.9 cm³/mol. The zero-order valence-electron chi connectivity index (χ0n) is 13.9. The number of nitriles is 1. The molecule has 0 unspecified atom stereocenters. The fraction of sp³-hybridized carbons (Fsp3) is 0.500. The first kappa shape index (κ1) is 15.1. The number of rotatable bonds is 1. The van der Waals surface area contributed by atoms with Gasteiger partial charge in [-0.25, -0.2) is 0 Å². The highest BCUT2D eigenvalue weighted by Gasteiger charge is 2.52. The summed E-state index contributed by atoms with van der Waals surface area (Å²) in [6.45, 7) is 9.95. The number of aromatic nitrogens is 2. The molecule has 3 rings (SSSR count). The molecule has 1 aromatic carbocycles.